The minimum absolute atomic E-state index is 0.303. The summed E-state index contributed by atoms with van der Waals surface area (Å²) >= 11 is 4.64. The first-order chi connectivity index (χ1) is 18.4. The molecule has 0 spiro atoms. The Balaban J connectivity index is 0.00000172. The summed E-state index contributed by atoms with van der Waals surface area (Å²) in [7, 11) is 4.19. The van der Waals surface area contributed by atoms with Gasteiger partial charge < -0.3 is 15.0 Å². The molecule has 208 valence electrons. The van der Waals surface area contributed by atoms with Gasteiger partial charge in [0.25, 0.3) is 0 Å². The van der Waals surface area contributed by atoms with Gasteiger partial charge in [0, 0.05) is 32.1 Å². The third kappa shape index (κ3) is 10.1. The van der Waals surface area contributed by atoms with Crippen LogP contribution in [-0.2, 0) is 17.8 Å². The monoisotopic (exact) mass is 539 g/mol. The molecule has 1 aliphatic heterocycles. The van der Waals surface area contributed by atoms with Crippen LogP contribution in [-0.4, -0.2) is 61.6 Å². The number of nitrogens with one attached hydrogen (secondary N) is 1. The van der Waals surface area contributed by atoms with Crippen LogP contribution in [0.25, 0.3) is 11.1 Å². The predicted molar refractivity (Wildman–Crippen MR) is 164 cm³/mol. The lowest BCUT2D eigenvalue weighted by Crippen LogP contribution is -2.36. The number of allylic oxidation sites excluding steroid dienone is 2. The summed E-state index contributed by atoms with van der Waals surface area (Å²) in [5, 5.41) is 3.38. The summed E-state index contributed by atoms with van der Waals surface area (Å²) in [4.78, 5) is 16.4. The summed E-state index contributed by atoms with van der Waals surface area (Å²) in [5.74, 6) is 0. The van der Waals surface area contributed by atoms with E-state index in [9.17, 15) is 4.79 Å². The highest BCUT2D eigenvalue weighted by Crippen LogP contribution is 2.26. The molecular weight excluding hydrogens is 494 g/mol. The Morgan fingerprint density at radius 2 is 1.87 bits per heavy atom. The number of carbonyl (C=O) groups is 1. The molecule has 0 bridgehead atoms. The van der Waals surface area contributed by atoms with E-state index in [0.29, 0.717) is 19.1 Å². The van der Waals surface area contributed by atoms with Gasteiger partial charge in [-0.3, -0.25) is 4.90 Å². The molecule has 38 heavy (non-hydrogen) atoms. The summed E-state index contributed by atoms with van der Waals surface area (Å²) < 4.78 is 5.49. The molecule has 1 fully saturated rings. The average Bonchev–Trinajstić information content (AvgIpc) is 3.33. The normalized spacial score (nSPS) is 15.3. The Morgan fingerprint density at radius 1 is 1.21 bits per heavy atom. The van der Waals surface area contributed by atoms with Crippen molar-refractivity contribution in [2.24, 2.45) is 0 Å². The van der Waals surface area contributed by atoms with E-state index in [2.05, 4.69) is 97.5 Å². The van der Waals surface area contributed by atoms with E-state index in [1.54, 1.807) is 17.1 Å². The Labute approximate surface area is 235 Å². The molecular formula is C32H46ClN3O2. The number of amides is 1. The first-order valence-electron chi connectivity index (χ1n) is 13.3. The third-order valence-corrected chi connectivity index (χ3v) is 6.28. The van der Waals surface area contributed by atoms with Gasteiger partial charge in [0.15, 0.2) is 0 Å². The summed E-state index contributed by atoms with van der Waals surface area (Å²) in [6.45, 7) is 16.8. The topological polar surface area (TPSA) is 44.8 Å². The second-order valence-electron chi connectivity index (χ2n) is 8.87. The van der Waals surface area contributed by atoms with Crippen LogP contribution in [0.2, 0.25) is 0 Å². The molecule has 1 heterocycles. The van der Waals surface area contributed by atoms with E-state index < -0.39 is 0 Å². The molecule has 1 amide bonds. The van der Waals surface area contributed by atoms with Crippen molar-refractivity contribution in [1.82, 2.24) is 15.1 Å². The Bertz CT molecular complexity index is 1020. The summed E-state index contributed by atoms with van der Waals surface area (Å²) in [6, 6.07) is 17.5. The maximum Gasteiger partial charge on any atom is 0.410 e. The molecule has 0 aliphatic carbocycles. The van der Waals surface area contributed by atoms with Gasteiger partial charge in [0.2, 0.25) is 0 Å². The highest BCUT2D eigenvalue weighted by atomic mass is 35.5. The van der Waals surface area contributed by atoms with Crippen LogP contribution < -0.4 is 5.32 Å². The average molecular weight is 540 g/mol. The zero-order valence-corrected chi connectivity index (χ0v) is 24.8. The molecule has 0 radical (unpaired) electrons. The highest BCUT2D eigenvalue weighted by Gasteiger charge is 2.32. The number of carbonyl (C=O) groups excluding carboxylic acids is 1. The maximum atomic E-state index is 12.3. The van der Waals surface area contributed by atoms with Gasteiger partial charge in [-0.25, -0.2) is 4.79 Å². The van der Waals surface area contributed by atoms with Gasteiger partial charge in [-0.1, -0.05) is 101 Å². The highest BCUT2D eigenvalue weighted by molar-refractivity contribution is 6.15. The number of likely N-dealkylation sites (N-methyl/N-ethyl adjacent to an activating group) is 2. The van der Waals surface area contributed by atoms with Crippen LogP contribution in [0.15, 0.2) is 85.5 Å². The number of hydrogen-bond donors (Lipinski definition) is 1. The van der Waals surface area contributed by atoms with E-state index in [-0.39, 0.29) is 12.2 Å². The number of rotatable bonds is 12. The second-order valence-corrected chi connectivity index (χ2v) is 8.87. The van der Waals surface area contributed by atoms with E-state index in [0.717, 1.165) is 30.6 Å². The molecule has 0 saturated carbocycles. The molecule has 2 aromatic rings. The van der Waals surface area contributed by atoms with Crippen molar-refractivity contribution < 1.29 is 9.53 Å². The van der Waals surface area contributed by atoms with Crippen LogP contribution in [0.3, 0.4) is 0 Å². The lowest BCUT2D eigenvalue weighted by Gasteiger charge is -2.24. The molecule has 5 nitrogen and oxygen atoms in total. The van der Waals surface area contributed by atoms with E-state index in [1.807, 2.05) is 27.0 Å². The molecule has 1 N–H and O–H groups in total. The fraction of sp³-hybridized carbons (Fsp3) is 0.406. The zero-order chi connectivity index (χ0) is 28.5. The molecule has 1 saturated heterocycles. The van der Waals surface area contributed by atoms with Gasteiger partial charge >= 0.3 is 6.09 Å². The fourth-order valence-corrected chi connectivity index (χ4v) is 4.24. The first kappa shape index (κ1) is 33.2. The number of alkyl halides is 1. The van der Waals surface area contributed by atoms with Crippen LogP contribution >= 0.6 is 11.6 Å². The number of halogens is 1. The molecule has 2 atom stereocenters. The lowest BCUT2D eigenvalue weighted by molar-refractivity contribution is 0.142. The van der Waals surface area contributed by atoms with Crippen molar-refractivity contribution in [2.75, 3.05) is 33.6 Å². The minimum atomic E-state index is -0.318. The van der Waals surface area contributed by atoms with Gasteiger partial charge in [-0.05, 0) is 48.3 Å². The third-order valence-electron chi connectivity index (χ3n) is 6.28. The molecule has 2 unspecified atom stereocenters. The SMILES string of the molecule is C=C/C=C\C(=C)C1CN(Cc2ccc(-c3ccccc3CN(C)CC(CC)NC)cc2)C(=O)O1.CC.CCl. The molecule has 2 aromatic carbocycles. The van der Waals surface area contributed by atoms with Gasteiger partial charge in [0.05, 0.1) is 6.54 Å². The van der Waals surface area contributed by atoms with Crippen LogP contribution in [0, 0.1) is 0 Å². The largest absolute Gasteiger partial charge is 0.439 e. The smallest absolute Gasteiger partial charge is 0.410 e. The van der Waals surface area contributed by atoms with Crippen LogP contribution in [0.1, 0.15) is 38.3 Å². The fourth-order valence-electron chi connectivity index (χ4n) is 4.24. The van der Waals surface area contributed by atoms with Crippen LogP contribution in [0.5, 0.6) is 0 Å². The van der Waals surface area contributed by atoms with Crippen molar-refractivity contribution in [3.8, 4) is 11.1 Å². The Kier molecular flexibility index (Phi) is 16.1. The quantitative estimate of drug-likeness (QED) is 0.227. The second kappa shape index (κ2) is 18.4. The first-order valence-corrected chi connectivity index (χ1v) is 14.0. The van der Waals surface area contributed by atoms with E-state index in [4.69, 9.17) is 4.74 Å². The van der Waals surface area contributed by atoms with Gasteiger partial charge in [-0.2, -0.15) is 0 Å². The van der Waals surface area contributed by atoms with Gasteiger partial charge in [-0.15, -0.1) is 11.6 Å². The molecule has 6 heteroatoms. The van der Waals surface area contributed by atoms with Crippen molar-refractivity contribution in [3.05, 3.63) is 96.6 Å². The van der Waals surface area contributed by atoms with Crippen molar-refractivity contribution >= 4 is 17.7 Å². The standard InChI is InChI=1S/C29H37N3O2.C2H6.CH3Cl/c1-6-8-11-22(3)28-21-32(29(33)34-28)18-23-14-16-24(17-15-23)27-13-10-9-12-25(27)19-31(5)20-26(7-2)30-4;2*1-2/h6,8-17,26,28,30H,1,3,7,18-21H2,2,4-5H3;1-2H3;1H3/b11-8-;;. The van der Waals surface area contributed by atoms with Gasteiger partial charge in [0.1, 0.15) is 6.10 Å². The number of nitrogens with zero attached hydrogens (tertiary/aromatic N) is 2. The lowest BCUT2D eigenvalue weighted by atomic mass is 9.98. The zero-order valence-electron chi connectivity index (χ0n) is 24.0. The minimum Gasteiger partial charge on any atom is -0.439 e. The Morgan fingerprint density at radius 3 is 2.47 bits per heavy atom. The molecule has 0 aromatic heterocycles. The number of cyclic esters (lactones) is 1. The summed E-state index contributed by atoms with van der Waals surface area (Å²) in [5.41, 5.74) is 5.57. The number of benzene rings is 2. The maximum absolute atomic E-state index is 12.3. The van der Waals surface area contributed by atoms with Crippen molar-refractivity contribution in [2.45, 2.75) is 52.4 Å². The summed E-state index contributed by atoms with van der Waals surface area (Å²) in [6.07, 6.45) is 7.27. The molecule has 1 aliphatic rings. The number of ether oxygens (including phenoxy) is 1. The van der Waals surface area contributed by atoms with E-state index in [1.165, 1.54) is 23.1 Å². The van der Waals surface area contributed by atoms with Crippen molar-refractivity contribution in [3.63, 3.8) is 0 Å². The molecule has 3 rings (SSSR count). The number of hydrogen-bond acceptors (Lipinski definition) is 4. The predicted octanol–water partition coefficient (Wildman–Crippen LogP) is 7.28. The van der Waals surface area contributed by atoms with Crippen LogP contribution in [0.4, 0.5) is 4.79 Å². The van der Waals surface area contributed by atoms with Crippen molar-refractivity contribution in [1.29, 1.82) is 0 Å². The van der Waals surface area contributed by atoms with E-state index >= 15 is 0 Å². The Hall–Kier alpha value is -2.86.